The van der Waals surface area contributed by atoms with Crippen molar-refractivity contribution in [1.29, 1.82) is 0 Å². The normalized spacial score (nSPS) is 12.3. The quantitative estimate of drug-likeness (QED) is 0.714. The molecule has 1 heterocycles. The van der Waals surface area contributed by atoms with E-state index in [1.807, 2.05) is 18.4 Å². The van der Waals surface area contributed by atoms with Gasteiger partial charge in [0.15, 0.2) is 0 Å². The Hall–Kier alpha value is -1.74. The third-order valence-corrected chi connectivity index (χ3v) is 3.65. The predicted molar refractivity (Wildman–Crippen MR) is 85.8 cm³/mol. The van der Waals surface area contributed by atoms with Crippen molar-refractivity contribution in [2.45, 2.75) is 26.2 Å². The monoisotopic (exact) mass is 287 g/mol. The zero-order valence-corrected chi connectivity index (χ0v) is 13.0. The highest BCUT2D eigenvalue weighted by atomic mass is 16.5. The van der Waals surface area contributed by atoms with Crippen LogP contribution < -0.4 is 10.1 Å². The second kappa shape index (κ2) is 8.53. The topological polar surface area (TPSA) is 34.4 Å². The van der Waals surface area contributed by atoms with Gasteiger partial charge in [-0.3, -0.25) is 0 Å². The molecule has 1 N–H and O–H groups in total. The Morgan fingerprint density at radius 3 is 2.48 bits per heavy atom. The molecule has 0 spiro atoms. The average molecular weight is 287 g/mol. The van der Waals surface area contributed by atoms with Crippen LogP contribution in [0.5, 0.6) is 5.75 Å². The molecule has 2 rings (SSSR count). The van der Waals surface area contributed by atoms with Crippen molar-refractivity contribution in [3.8, 4) is 5.75 Å². The van der Waals surface area contributed by atoms with E-state index in [4.69, 9.17) is 9.15 Å². The standard InChI is InChI=1S/C18H25NO2/c1-3-9-19-13-17(12-16-8-10-21-14-16)11-15-4-6-18(20-2)7-5-15/h4-8,10,14,17,19H,3,9,11-13H2,1-2H3. The summed E-state index contributed by atoms with van der Waals surface area (Å²) in [6, 6.07) is 10.4. The molecule has 3 nitrogen and oxygen atoms in total. The van der Waals surface area contributed by atoms with E-state index in [1.165, 1.54) is 17.5 Å². The number of rotatable bonds is 9. The second-order valence-electron chi connectivity index (χ2n) is 5.46. The molecule has 0 aliphatic carbocycles. The fourth-order valence-electron chi connectivity index (χ4n) is 2.54. The molecule has 0 amide bonds. The molecule has 0 radical (unpaired) electrons. The lowest BCUT2D eigenvalue weighted by Crippen LogP contribution is -2.26. The Kier molecular flexibility index (Phi) is 6.35. The summed E-state index contributed by atoms with van der Waals surface area (Å²) < 4.78 is 10.4. The summed E-state index contributed by atoms with van der Waals surface area (Å²) in [4.78, 5) is 0. The van der Waals surface area contributed by atoms with Crippen LogP contribution in [0, 0.1) is 5.92 Å². The van der Waals surface area contributed by atoms with E-state index < -0.39 is 0 Å². The molecule has 1 aromatic heterocycles. The number of ether oxygens (including phenoxy) is 1. The molecule has 2 aromatic rings. The minimum atomic E-state index is 0.572. The molecule has 0 bridgehead atoms. The van der Waals surface area contributed by atoms with Crippen LogP contribution in [-0.4, -0.2) is 20.2 Å². The Labute approximate surface area is 127 Å². The van der Waals surface area contributed by atoms with Gasteiger partial charge in [-0.05, 0) is 67.6 Å². The molecule has 0 aliphatic rings. The lowest BCUT2D eigenvalue weighted by atomic mass is 9.93. The van der Waals surface area contributed by atoms with E-state index in [2.05, 4.69) is 30.4 Å². The van der Waals surface area contributed by atoms with E-state index in [-0.39, 0.29) is 0 Å². The van der Waals surface area contributed by atoms with Gasteiger partial charge in [-0.15, -0.1) is 0 Å². The van der Waals surface area contributed by atoms with Crippen LogP contribution in [0.4, 0.5) is 0 Å². The van der Waals surface area contributed by atoms with Crippen molar-refractivity contribution in [2.75, 3.05) is 20.2 Å². The molecule has 1 unspecified atom stereocenters. The summed E-state index contributed by atoms with van der Waals surface area (Å²) in [5.41, 5.74) is 2.62. The molecule has 1 atom stereocenters. The number of hydrogen-bond acceptors (Lipinski definition) is 3. The van der Waals surface area contributed by atoms with Gasteiger partial charge in [-0.2, -0.15) is 0 Å². The van der Waals surface area contributed by atoms with Crippen LogP contribution in [0.2, 0.25) is 0 Å². The van der Waals surface area contributed by atoms with Crippen molar-refractivity contribution in [1.82, 2.24) is 5.32 Å². The lowest BCUT2D eigenvalue weighted by Gasteiger charge is -2.17. The van der Waals surface area contributed by atoms with Crippen LogP contribution in [0.1, 0.15) is 24.5 Å². The number of nitrogens with one attached hydrogen (secondary N) is 1. The largest absolute Gasteiger partial charge is 0.497 e. The maximum Gasteiger partial charge on any atom is 0.118 e. The molecular weight excluding hydrogens is 262 g/mol. The zero-order valence-electron chi connectivity index (χ0n) is 13.0. The molecule has 3 heteroatoms. The van der Waals surface area contributed by atoms with Gasteiger partial charge in [-0.1, -0.05) is 19.1 Å². The molecule has 1 aromatic carbocycles. The lowest BCUT2D eigenvalue weighted by molar-refractivity contribution is 0.414. The maximum atomic E-state index is 5.21. The van der Waals surface area contributed by atoms with Crippen molar-refractivity contribution < 1.29 is 9.15 Å². The Bertz CT molecular complexity index is 490. The van der Waals surface area contributed by atoms with Crippen LogP contribution in [0.3, 0.4) is 0 Å². The van der Waals surface area contributed by atoms with E-state index in [0.29, 0.717) is 5.92 Å². The van der Waals surface area contributed by atoms with Crippen molar-refractivity contribution >= 4 is 0 Å². The van der Waals surface area contributed by atoms with Gasteiger partial charge in [0.25, 0.3) is 0 Å². The number of methoxy groups -OCH3 is 1. The molecule has 0 saturated carbocycles. The average Bonchev–Trinajstić information content (AvgIpc) is 3.01. The third-order valence-electron chi connectivity index (χ3n) is 3.65. The van der Waals surface area contributed by atoms with Gasteiger partial charge < -0.3 is 14.5 Å². The Morgan fingerprint density at radius 1 is 1.10 bits per heavy atom. The second-order valence-corrected chi connectivity index (χ2v) is 5.46. The van der Waals surface area contributed by atoms with Gasteiger partial charge in [-0.25, -0.2) is 0 Å². The molecule has 0 saturated heterocycles. The summed E-state index contributed by atoms with van der Waals surface area (Å²) >= 11 is 0. The Morgan fingerprint density at radius 2 is 1.86 bits per heavy atom. The molecule has 0 fully saturated rings. The summed E-state index contributed by atoms with van der Waals surface area (Å²) in [5, 5.41) is 3.54. The van der Waals surface area contributed by atoms with Gasteiger partial charge >= 0.3 is 0 Å². The first-order valence-corrected chi connectivity index (χ1v) is 7.66. The minimum Gasteiger partial charge on any atom is -0.497 e. The highest BCUT2D eigenvalue weighted by Gasteiger charge is 2.11. The van der Waals surface area contributed by atoms with E-state index >= 15 is 0 Å². The van der Waals surface area contributed by atoms with E-state index in [0.717, 1.165) is 31.7 Å². The smallest absolute Gasteiger partial charge is 0.118 e. The highest BCUT2D eigenvalue weighted by molar-refractivity contribution is 5.27. The molecular formula is C18H25NO2. The van der Waals surface area contributed by atoms with Crippen LogP contribution >= 0.6 is 0 Å². The van der Waals surface area contributed by atoms with Gasteiger partial charge in [0.2, 0.25) is 0 Å². The van der Waals surface area contributed by atoms with Crippen molar-refractivity contribution in [3.63, 3.8) is 0 Å². The fraction of sp³-hybridized carbons (Fsp3) is 0.444. The highest BCUT2D eigenvalue weighted by Crippen LogP contribution is 2.17. The summed E-state index contributed by atoms with van der Waals surface area (Å²) in [6.07, 6.45) is 6.87. The van der Waals surface area contributed by atoms with Crippen LogP contribution in [0.15, 0.2) is 47.3 Å². The van der Waals surface area contributed by atoms with Gasteiger partial charge in [0, 0.05) is 0 Å². The molecule has 21 heavy (non-hydrogen) atoms. The third kappa shape index (κ3) is 5.27. The van der Waals surface area contributed by atoms with Crippen molar-refractivity contribution in [2.24, 2.45) is 5.92 Å². The Balaban J connectivity index is 1.96. The number of furan rings is 1. The number of benzene rings is 1. The van der Waals surface area contributed by atoms with Gasteiger partial charge in [0.1, 0.15) is 5.75 Å². The fourth-order valence-corrected chi connectivity index (χ4v) is 2.54. The molecule has 114 valence electrons. The SMILES string of the molecule is CCCNCC(Cc1ccc(OC)cc1)Cc1ccoc1. The van der Waals surface area contributed by atoms with Gasteiger partial charge in [0.05, 0.1) is 19.6 Å². The zero-order chi connectivity index (χ0) is 14.9. The minimum absolute atomic E-state index is 0.572. The maximum absolute atomic E-state index is 5.21. The predicted octanol–water partition coefficient (Wildman–Crippen LogP) is 3.69. The summed E-state index contributed by atoms with van der Waals surface area (Å²) in [5.74, 6) is 1.48. The first-order chi connectivity index (χ1) is 10.3. The van der Waals surface area contributed by atoms with E-state index in [1.54, 1.807) is 13.4 Å². The van der Waals surface area contributed by atoms with Crippen LogP contribution in [0.25, 0.3) is 0 Å². The first-order valence-electron chi connectivity index (χ1n) is 7.66. The van der Waals surface area contributed by atoms with Crippen molar-refractivity contribution in [3.05, 3.63) is 54.0 Å². The van der Waals surface area contributed by atoms with E-state index in [9.17, 15) is 0 Å². The summed E-state index contributed by atoms with van der Waals surface area (Å²) in [7, 11) is 1.70. The number of hydrogen-bond donors (Lipinski definition) is 1. The first kappa shape index (κ1) is 15.6. The summed E-state index contributed by atoms with van der Waals surface area (Å²) in [6.45, 7) is 4.30. The van der Waals surface area contributed by atoms with Crippen LogP contribution in [-0.2, 0) is 12.8 Å². The molecule has 0 aliphatic heterocycles.